The summed E-state index contributed by atoms with van der Waals surface area (Å²) in [6, 6.07) is 5.50. The van der Waals surface area contributed by atoms with Crippen LogP contribution in [0.3, 0.4) is 0 Å². The normalized spacial score (nSPS) is 11.9. The van der Waals surface area contributed by atoms with Crippen LogP contribution in [0.5, 0.6) is 5.75 Å². The minimum absolute atomic E-state index is 0. The molecule has 0 bridgehead atoms. The molecule has 0 fully saturated rings. The second-order valence-electron chi connectivity index (χ2n) is 6.12. The molecule has 9 nitrogen and oxygen atoms in total. The van der Waals surface area contributed by atoms with Gasteiger partial charge in [0.15, 0.2) is 5.82 Å². The summed E-state index contributed by atoms with van der Waals surface area (Å²) in [6.45, 7) is 3.32. The van der Waals surface area contributed by atoms with E-state index in [1.54, 1.807) is 6.07 Å². The first-order chi connectivity index (χ1) is 13.1. The van der Waals surface area contributed by atoms with Gasteiger partial charge in [-0.2, -0.15) is 0 Å². The number of aliphatic hydroxyl groups excluding tert-OH is 2. The van der Waals surface area contributed by atoms with Crippen molar-refractivity contribution in [3.8, 4) is 5.75 Å². The number of hydrogen-bond donors (Lipinski definition) is 4. The van der Waals surface area contributed by atoms with Crippen LogP contribution in [0.25, 0.3) is 21.9 Å². The molecule has 0 aliphatic heterocycles. The van der Waals surface area contributed by atoms with Crippen molar-refractivity contribution in [2.24, 2.45) is 5.73 Å². The third kappa shape index (κ3) is 5.39. The van der Waals surface area contributed by atoms with Crippen molar-refractivity contribution < 1.29 is 19.7 Å². The van der Waals surface area contributed by atoms with Gasteiger partial charge >= 0.3 is 0 Å². The number of pyridine rings is 1. The number of anilines is 1. The molecule has 3 rings (SSSR count). The molecule has 2 heterocycles. The van der Waals surface area contributed by atoms with Crippen molar-refractivity contribution in [2.75, 3.05) is 32.1 Å². The van der Waals surface area contributed by atoms with Gasteiger partial charge in [0, 0.05) is 24.6 Å². The van der Waals surface area contributed by atoms with Crippen LogP contribution in [0.4, 0.5) is 5.82 Å². The molecule has 11 heteroatoms. The third-order valence-corrected chi connectivity index (χ3v) is 4.18. The number of halogens is 2. The Hall–Kier alpha value is -1.88. The number of imidazole rings is 1. The number of benzene rings is 1. The maximum Gasteiger partial charge on any atom is 0.152 e. The summed E-state index contributed by atoms with van der Waals surface area (Å²) in [5, 5.41) is 20.1. The van der Waals surface area contributed by atoms with Crippen LogP contribution in [0.15, 0.2) is 18.2 Å². The summed E-state index contributed by atoms with van der Waals surface area (Å²) in [5.41, 5.74) is 13.6. The van der Waals surface area contributed by atoms with Crippen LogP contribution in [0, 0.1) is 0 Å². The summed E-state index contributed by atoms with van der Waals surface area (Å²) in [6.07, 6.45) is -0.931. The number of nitrogens with zero attached hydrogens (tertiary/aromatic N) is 3. The lowest BCUT2D eigenvalue weighted by atomic mass is 10.1. The standard InChI is InChI=1S/C18H25N5O4.2ClH/c1-2-26-10-15-22-16-17(23(15)8-11(25)9-24)13-4-3-12(27-6-5-19)7-14(13)21-18(16)20;;/h3-4,7,11,24-25H,2,5-6,8-10,19H2,1H3,(H2,20,21);2*1H. The van der Waals surface area contributed by atoms with Gasteiger partial charge in [0.1, 0.15) is 30.3 Å². The van der Waals surface area contributed by atoms with Crippen molar-refractivity contribution in [1.82, 2.24) is 14.5 Å². The van der Waals surface area contributed by atoms with E-state index >= 15 is 0 Å². The van der Waals surface area contributed by atoms with Crippen LogP contribution in [0.1, 0.15) is 12.7 Å². The van der Waals surface area contributed by atoms with Crippen molar-refractivity contribution in [3.05, 3.63) is 24.0 Å². The highest BCUT2D eigenvalue weighted by Crippen LogP contribution is 2.31. The Balaban J connectivity index is 0.00000210. The van der Waals surface area contributed by atoms with Gasteiger partial charge in [-0.3, -0.25) is 0 Å². The molecule has 0 amide bonds. The minimum Gasteiger partial charge on any atom is -0.492 e. The fourth-order valence-electron chi connectivity index (χ4n) is 2.97. The van der Waals surface area contributed by atoms with E-state index in [0.717, 1.165) is 10.9 Å². The average molecular weight is 448 g/mol. The van der Waals surface area contributed by atoms with Crippen LogP contribution in [-0.4, -0.2) is 57.2 Å². The number of fused-ring (bicyclic) bond motifs is 3. The molecule has 1 unspecified atom stereocenters. The summed E-state index contributed by atoms with van der Waals surface area (Å²) in [7, 11) is 0. The van der Waals surface area contributed by atoms with E-state index in [9.17, 15) is 10.2 Å². The highest BCUT2D eigenvalue weighted by Gasteiger charge is 2.19. The summed E-state index contributed by atoms with van der Waals surface area (Å²) < 4.78 is 12.9. The fraction of sp³-hybridized carbons (Fsp3) is 0.444. The van der Waals surface area contributed by atoms with E-state index in [4.69, 9.17) is 20.9 Å². The molecule has 162 valence electrons. The van der Waals surface area contributed by atoms with Gasteiger partial charge in [0.25, 0.3) is 0 Å². The highest BCUT2D eigenvalue weighted by molar-refractivity contribution is 6.06. The van der Waals surface area contributed by atoms with E-state index < -0.39 is 6.10 Å². The lowest BCUT2D eigenvalue weighted by molar-refractivity contribution is 0.0774. The maximum absolute atomic E-state index is 10.0. The molecule has 1 atom stereocenters. The van der Waals surface area contributed by atoms with Gasteiger partial charge in [-0.25, -0.2) is 9.97 Å². The molecule has 0 saturated carbocycles. The average Bonchev–Trinajstić information content (AvgIpc) is 3.03. The first-order valence-corrected chi connectivity index (χ1v) is 8.86. The molecule has 3 aromatic rings. The van der Waals surface area contributed by atoms with Crippen LogP contribution in [-0.2, 0) is 17.9 Å². The second-order valence-corrected chi connectivity index (χ2v) is 6.12. The molecule has 0 spiro atoms. The molecular weight excluding hydrogens is 421 g/mol. The van der Waals surface area contributed by atoms with Crippen molar-refractivity contribution >= 4 is 52.6 Å². The van der Waals surface area contributed by atoms with Gasteiger partial charge in [0.2, 0.25) is 0 Å². The number of hydrogen-bond acceptors (Lipinski definition) is 8. The van der Waals surface area contributed by atoms with Crippen molar-refractivity contribution in [2.45, 2.75) is 26.2 Å². The van der Waals surface area contributed by atoms with E-state index in [-0.39, 0.29) is 50.4 Å². The zero-order valence-electron chi connectivity index (χ0n) is 16.1. The minimum atomic E-state index is -0.931. The third-order valence-electron chi connectivity index (χ3n) is 4.18. The Kier molecular flexibility index (Phi) is 9.84. The SMILES string of the molecule is CCOCc1nc2c(N)nc3cc(OCCN)ccc3c2n1CC(O)CO.Cl.Cl. The van der Waals surface area contributed by atoms with Crippen LogP contribution in [0.2, 0.25) is 0 Å². The Morgan fingerprint density at radius 1 is 1.24 bits per heavy atom. The van der Waals surface area contributed by atoms with E-state index in [0.29, 0.717) is 42.4 Å². The quantitative estimate of drug-likeness (QED) is 0.383. The molecule has 0 radical (unpaired) electrons. The fourth-order valence-corrected chi connectivity index (χ4v) is 2.97. The summed E-state index contributed by atoms with van der Waals surface area (Å²) >= 11 is 0. The molecule has 2 aromatic heterocycles. The lowest BCUT2D eigenvalue weighted by Crippen LogP contribution is -2.21. The van der Waals surface area contributed by atoms with E-state index in [2.05, 4.69) is 9.97 Å². The Bertz CT molecular complexity index is 938. The first kappa shape index (κ1) is 25.2. The largest absolute Gasteiger partial charge is 0.492 e. The molecule has 0 aliphatic carbocycles. The number of rotatable bonds is 9. The molecule has 0 aliphatic rings. The Labute approximate surface area is 180 Å². The van der Waals surface area contributed by atoms with Gasteiger partial charge in [-0.1, -0.05) is 0 Å². The molecule has 0 saturated heterocycles. The van der Waals surface area contributed by atoms with Crippen molar-refractivity contribution in [3.63, 3.8) is 0 Å². The Morgan fingerprint density at radius 2 is 2.00 bits per heavy atom. The predicted octanol–water partition coefficient (Wildman–Crippen LogP) is 1.24. The monoisotopic (exact) mass is 447 g/mol. The summed E-state index contributed by atoms with van der Waals surface area (Å²) in [5.74, 6) is 1.54. The number of aromatic nitrogens is 3. The summed E-state index contributed by atoms with van der Waals surface area (Å²) in [4.78, 5) is 9.01. The molecule has 29 heavy (non-hydrogen) atoms. The second kappa shape index (κ2) is 11.3. The molecule has 6 N–H and O–H groups in total. The smallest absolute Gasteiger partial charge is 0.152 e. The molecule has 1 aromatic carbocycles. The van der Waals surface area contributed by atoms with E-state index in [1.165, 1.54) is 0 Å². The zero-order valence-corrected chi connectivity index (χ0v) is 17.7. The van der Waals surface area contributed by atoms with Crippen LogP contribution >= 0.6 is 24.8 Å². The molecular formula is C18H27Cl2N5O4. The highest BCUT2D eigenvalue weighted by atomic mass is 35.5. The van der Waals surface area contributed by atoms with Gasteiger partial charge in [-0.05, 0) is 19.1 Å². The predicted molar refractivity (Wildman–Crippen MR) is 117 cm³/mol. The van der Waals surface area contributed by atoms with Gasteiger partial charge in [-0.15, -0.1) is 24.8 Å². The number of nitrogen functional groups attached to an aromatic ring is 1. The number of aliphatic hydroxyl groups is 2. The lowest BCUT2D eigenvalue weighted by Gasteiger charge is -2.14. The van der Waals surface area contributed by atoms with Crippen LogP contribution < -0.4 is 16.2 Å². The Morgan fingerprint density at radius 3 is 2.66 bits per heavy atom. The van der Waals surface area contributed by atoms with E-state index in [1.807, 2.05) is 23.6 Å². The zero-order chi connectivity index (χ0) is 19.4. The van der Waals surface area contributed by atoms with Gasteiger partial charge in [0.05, 0.1) is 30.3 Å². The number of nitrogens with two attached hydrogens (primary N) is 2. The number of ether oxygens (including phenoxy) is 2. The maximum atomic E-state index is 10.0. The topological polar surface area (TPSA) is 142 Å². The van der Waals surface area contributed by atoms with Crippen molar-refractivity contribution in [1.29, 1.82) is 0 Å². The first-order valence-electron chi connectivity index (χ1n) is 8.86. The van der Waals surface area contributed by atoms with Gasteiger partial charge < -0.3 is 35.7 Å².